The van der Waals surface area contributed by atoms with Gasteiger partial charge < -0.3 is 19.9 Å². The van der Waals surface area contributed by atoms with Crippen LogP contribution in [0.2, 0.25) is 0 Å². The third kappa shape index (κ3) is 4.49. The Hall–Kier alpha value is -3.61. The van der Waals surface area contributed by atoms with Gasteiger partial charge in [0, 0.05) is 25.1 Å². The normalized spacial score (nSPS) is 19.8. The summed E-state index contributed by atoms with van der Waals surface area (Å²) in [5.74, 6) is 0.472. The molecule has 2 amide bonds. The number of hydrogen-bond acceptors (Lipinski definition) is 6. The molecule has 2 atom stereocenters. The molecule has 170 valence electrons. The highest BCUT2D eigenvalue weighted by atomic mass is 19.4. The van der Waals surface area contributed by atoms with Crippen LogP contribution in [-0.4, -0.2) is 62.6 Å². The molecule has 0 saturated carbocycles. The second-order valence-electron chi connectivity index (χ2n) is 7.66. The maximum Gasteiger partial charge on any atom is 0.416 e. The predicted octanol–water partition coefficient (Wildman–Crippen LogP) is 2.54. The van der Waals surface area contributed by atoms with E-state index in [4.69, 9.17) is 7.85 Å². The number of urea groups is 1. The van der Waals surface area contributed by atoms with Crippen molar-refractivity contribution in [3.8, 4) is 5.69 Å². The van der Waals surface area contributed by atoms with Gasteiger partial charge in [0.1, 0.15) is 19.3 Å². The molecule has 0 spiro atoms. The number of rotatable bonds is 5. The molecule has 2 radical (unpaired) electrons. The van der Waals surface area contributed by atoms with Crippen LogP contribution in [0.3, 0.4) is 0 Å². The van der Waals surface area contributed by atoms with Gasteiger partial charge in [-0.2, -0.15) is 18.2 Å². The first-order chi connectivity index (χ1) is 15.5. The Labute approximate surface area is 188 Å². The molecule has 4 rings (SSSR count). The molecule has 0 bridgehead atoms. The summed E-state index contributed by atoms with van der Waals surface area (Å²) < 4.78 is 39.9. The van der Waals surface area contributed by atoms with Gasteiger partial charge >= 0.3 is 12.2 Å². The van der Waals surface area contributed by atoms with Crippen molar-refractivity contribution in [1.82, 2.24) is 24.4 Å². The number of benzene rings is 1. The van der Waals surface area contributed by atoms with E-state index in [0.717, 1.165) is 17.0 Å². The topological polar surface area (TPSA) is 99.4 Å². The van der Waals surface area contributed by atoms with Gasteiger partial charge in [0.25, 0.3) is 0 Å². The third-order valence-corrected chi connectivity index (χ3v) is 5.29. The van der Waals surface area contributed by atoms with E-state index in [1.54, 1.807) is 10.8 Å². The molecule has 3 heterocycles. The average molecular weight is 457 g/mol. The smallest absolute Gasteiger partial charge is 0.378 e. The van der Waals surface area contributed by atoms with Gasteiger partial charge in [-0.25, -0.2) is 14.8 Å². The van der Waals surface area contributed by atoms with Crippen molar-refractivity contribution < 1.29 is 23.1 Å². The van der Waals surface area contributed by atoms with Crippen molar-refractivity contribution in [3.05, 3.63) is 60.3 Å². The highest BCUT2D eigenvalue weighted by Gasteiger charge is 2.43. The molecule has 1 aromatic carbocycles. The fourth-order valence-corrected chi connectivity index (χ4v) is 3.29. The molecule has 33 heavy (non-hydrogen) atoms. The fourth-order valence-electron chi connectivity index (χ4n) is 3.29. The summed E-state index contributed by atoms with van der Waals surface area (Å²) in [6.07, 6.45) is 0.231. The molecule has 3 aromatic rings. The van der Waals surface area contributed by atoms with E-state index in [0.29, 0.717) is 11.4 Å². The van der Waals surface area contributed by atoms with Crippen molar-refractivity contribution in [3.63, 3.8) is 0 Å². The Morgan fingerprint density at radius 2 is 1.91 bits per heavy atom. The van der Waals surface area contributed by atoms with Crippen molar-refractivity contribution in [2.45, 2.75) is 24.8 Å². The number of β-amino-alcohol motifs (C(OH)–C–C–N with tert-alkyl or cyclic N) is 1. The Bertz CT molecular complexity index is 1170. The number of halogens is 3. The molecule has 9 nitrogen and oxygen atoms in total. The SMILES string of the molecule is [B]C1(O)CN(c2ccnc(NC(C)c3cn(-c4ccc(C(F)(F)F)cc4)cn3)n2)C(=O)N1C. The summed E-state index contributed by atoms with van der Waals surface area (Å²) in [4.78, 5) is 27.4. The van der Waals surface area contributed by atoms with E-state index in [1.165, 1.54) is 42.7 Å². The summed E-state index contributed by atoms with van der Waals surface area (Å²) >= 11 is 0. The number of amides is 2. The van der Waals surface area contributed by atoms with Crippen LogP contribution in [0, 0.1) is 0 Å². The van der Waals surface area contributed by atoms with Crippen LogP contribution in [0.1, 0.15) is 24.2 Å². The third-order valence-electron chi connectivity index (χ3n) is 5.29. The number of aliphatic hydroxyl groups is 1. The predicted molar refractivity (Wildman–Crippen MR) is 114 cm³/mol. The summed E-state index contributed by atoms with van der Waals surface area (Å²) in [7, 11) is 7.09. The molecule has 1 fully saturated rings. The number of anilines is 2. The number of carbonyl (C=O) groups excluding carboxylic acids is 1. The summed E-state index contributed by atoms with van der Waals surface area (Å²) in [6.45, 7) is 1.65. The van der Waals surface area contributed by atoms with E-state index in [-0.39, 0.29) is 24.4 Å². The van der Waals surface area contributed by atoms with E-state index in [1.807, 2.05) is 6.92 Å². The first-order valence-corrected chi connectivity index (χ1v) is 9.83. The van der Waals surface area contributed by atoms with Crippen LogP contribution in [0.4, 0.5) is 29.7 Å². The van der Waals surface area contributed by atoms with E-state index < -0.39 is 23.4 Å². The lowest BCUT2D eigenvalue weighted by atomic mass is 9.91. The maximum atomic E-state index is 12.8. The molecule has 1 aliphatic heterocycles. The zero-order chi connectivity index (χ0) is 24.0. The number of likely N-dealkylation sites (N-methyl/N-ethyl adjacent to an activating group) is 1. The zero-order valence-corrected chi connectivity index (χ0v) is 17.7. The van der Waals surface area contributed by atoms with Gasteiger partial charge in [0.15, 0.2) is 0 Å². The number of alkyl halides is 3. The van der Waals surface area contributed by atoms with Gasteiger partial charge in [-0.3, -0.25) is 4.90 Å². The van der Waals surface area contributed by atoms with Crippen molar-refractivity contribution in [1.29, 1.82) is 0 Å². The van der Waals surface area contributed by atoms with Gasteiger partial charge in [0.2, 0.25) is 5.95 Å². The molecule has 2 unspecified atom stereocenters. The van der Waals surface area contributed by atoms with Crippen LogP contribution in [0.15, 0.2) is 49.1 Å². The van der Waals surface area contributed by atoms with Crippen molar-refractivity contribution in [2.24, 2.45) is 0 Å². The molecular weight excluding hydrogens is 438 g/mol. The minimum absolute atomic E-state index is 0.161. The maximum absolute atomic E-state index is 12.8. The highest BCUT2D eigenvalue weighted by Crippen LogP contribution is 2.30. The molecule has 1 aliphatic rings. The second kappa shape index (κ2) is 8.07. The van der Waals surface area contributed by atoms with Crippen LogP contribution in [-0.2, 0) is 6.18 Å². The minimum atomic E-state index is -4.40. The van der Waals surface area contributed by atoms with Crippen LogP contribution < -0.4 is 10.2 Å². The lowest BCUT2D eigenvalue weighted by molar-refractivity contribution is -0.137. The van der Waals surface area contributed by atoms with Gasteiger partial charge in [-0.15, -0.1) is 0 Å². The summed E-state index contributed by atoms with van der Waals surface area (Å²) in [6, 6.07) is 5.39. The van der Waals surface area contributed by atoms with Crippen LogP contribution in [0.25, 0.3) is 5.69 Å². The Morgan fingerprint density at radius 3 is 2.52 bits per heavy atom. The van der Waals surface area contributed by atoms with Crippen molar-refractivity contribution in [2.75, 3.05) is 23.8 Å². The molecular formula is C20H19BF3N7O2. The standard InChI is InChI=1S/C20H19BF3N7O2/c1-12(15-9-30(11-26-15)14-5-3-13(4-6-14)20(22,23)24)27-17-25-8-7-16(28-17)31-10-19(21,33)29(2)18(31)32/h3-9,11-12,33H,10H2,1-2H3,(H,25,27,28). The molecule has 0 aliphatic carbocycles. The first kappa shape index (κ1) is 22.6. The number of imidazole rings is 1. The number of aromatic nitrogens is 4. The van der Waals surface area contributed by atoms with E-state index >= 15 is 0 Å². The molecule has 13 heteroatoms. The number of nitrogens with one attached hydrogen (secondary N) is 1. The molecule has 2 N–H and O–H groups in total. The van der Waals surface area contributed by atoms with Gasteiger partial charge in [0.05, 0.1) is 30.2 Å². The second-order valence-corrected chi connectivity index (χ2v) is 7.66. The minimum Gasteiger partial charge on any atom is -0.378 e. The average Bonchev–Trinajstić information content (AvgIpc) is 3.33. The molecule has 2 aromatic heterocycles. The Kier molecular flexibility index (Phi) is 5.52. The van der Waals surface area contributed by atoms with Crippen LogP contribution in [0.5, 0.6) is 0 Å². The fraction of sp³-hybridized carbons (Fsp3) is 0.300. The van der Waals surface area contributed by atoms with Crippen LogP contribution >= 0.6 is 0 Å². The summed E-state index contributed by atoms with van der Waals surface area (Å²) in [5, 5.41) is 13.2. The number of nitrogens with zero attached hydrogens (tertiary/aromatic N) is 6. The Morgan fingerprint density at radius 1 is 1.21 bits per heavy atom. The van der Waals surface area contributed by atoms with Gasteiger partial charge in [-0.05, 0) is 37.3 Å². The van der Waals surface area contributed by atoms with Gasteiger partial charge in [-0.1, -0.05) is 0 Å². The lowest BCUT2D eigenvalue weighted by Crippen LogP contribution is -2.45. The summed E-state index contributed by atoms with van der Waals surface area (Å²) in [5.41, 5.74) is -1.42. The largest absolute Gasteiger partial charge is 0.416 e. The quantitative estimate of drug-likeness (QED) is 0.572. The zero-order valence-electron chi connectivity index (χ0n) is 17.7. The Balaban J connectivity index is 1.48. The molecule has 1 saturated heterocycles. The number of hydrogen-bond donors (Lipinski definition) is 2. The highest BCUT2D eigenvalue weighted by molar-refractivity contribution is 6.18. The lowest BCUT2D eigenvalue weighted by Gasteiger charge is -2.23. The van der Waals surface area contributed by atoms with Crippen molar-refractivity contribution >= 4 is 25.6 Å². The van der Waals surface area contributed by atoms with E-state index in [2.05, 4.69) is 20.3 Å². The number of carbonyl (C=O) groups is 1. The monoisotopic (exact) mass is 457 g/mol. The van der Waals surface area contributed by atoms with E-state index in [9.17, 15) is 23.1 Å². The first-order valence-electron chi connectivity index (χ1n) is 9.83.